The number of piperidine rings is 1. The number of hydrogen-bond donors (Lipinski definition) is 1. The minimum atomic E-state index is -4.40. The summed E-state index contributed by atoms with van der Waals surface area (Å²) < 4.78 is 40.1. The highest BCUT2D eigenvalue weighted by molar-refractivity contribution is 5.82. The molecule has 1 N–H and O–H groups in total. The quantitative estimate of drug-likeness (QED) is 0.395. The van der Waals surface area contributed by atoms with Crippen molar-refractivity contribution in [1.82, 2.24) is 14.5 Å². The lowest BCUT2D eigenvalue weighted by atomic mass is 10.0. The van der Waals surface area contributed by atoms with Gasteiger partial charge in [-0.1, -0.05) is 48.0 Å². The number of halogens is 3. The Morgan fingerprint density at radius 1 is 0.944 bits per heavy atom. The first-order chi connectivity index (χ1) is 17.2. The molecule has 1 amide bonds. The number of carbonyl (C=O) groups is 1. The molecule has 0 spiro atoms. The number of nitrogens with zero attached hydrogens (tertiary/aromatic N) is 2. The fraction of sp³-hybridized carbons (Fsp3) is 0.286. The van der Waals surface area contributed by atoms with Gasteiger partial charge in [-0.3, -0.25) is 9.36 Å². The number of nitrogens with one attached hydrogen (secondary N) is 1. The summed E-state index contributed by atoms with van der Waals surface area (Å²) in [6.07, 6.45) is -3.09. The van der Waals surface area contributed by atoms with Crippen molar-refractivity contribution in [2.75, 3.05) is 13.1 Å². The average molecular weight is 494 g/mol. The molecular formula is C28H26F3N3O2. The van der Waals surface area contributed by atoms with E-state index in [1.54, 1.807) is 9.47 Å². The number of aromatic nitrogens is 2. The molecule has 36 heavy (non-hydrogen) atoms. The molecule has 0 bridgehead atoms. The zero-order chi connectivity index (χ0) is 25.4. The normalized spacial score (nSPS) is 14.9. The Morgan fingerprint density at radius 2 is 1.58 bits per heavy atom. The van der Waals surface area contributed by atoms with E-state index < -0.39 is 11.7 Å². The molecular weight excluding hydrogens is 467 g/mol. The first-order valence-corrected chi connectivity index (χ1v) is 11.9. The van der Waals surface area contributed by atoms with Crippen molar-refractivity contribution in [3.05, 3.63) is 93.9 Å². The van der Waals surface area contributed by atoms with Gasteiger partial charge < -0.3 is 9.88 Å². The van der Waals surface area contributed by atoms with Crippen LogP contribution >= 0.6 is 0 Å². The van der Waals surface area contributed by atoms with Gasteiger partial charge in [0.1, 0.15) is 0 Å². The van der Waals surface area contributed by atoms with Crippen LogP contribution in [0, 0.1) is 6.92 Å². The summed E-state index contributed by atoms with van der Waals surface area (Å²) in [7, 11) is 0. The van der Waals surface area contributed by atoms with Crippen LogP contribution in [0.4, 0.5) is 13.2 Å². The Labute approximate surface area is 206 Å². The molecule has 2 heterocycles. The topological polar surface area (TPSA) is 58.1 Å². The Kier molecular flexibility index (Phi) is 6.20. The maximum atomic E-state index is 12.8. The van der Waals surface area contributed by atoms with Crippen molar-refractivity contribution in [1.29, 1.82) is 0 Å². The minimum Gasteiger partial charge on any atom is -0.342 e. The van der Waals surface area contributed by atoms with E-state index in [0.29, 0.717) is 31.5 Å². The number of hydrogen-bond acceptors (Lipinski definition) is 2. The van der Waals surface area contributed by atoms with Crippen LogP contribution in [0.5, 0.6) is 0 Å². The lowest BCUT2D eigenvalue weighted by Crippen LogP contribution is -2.41. The largest absolute Gasteiger partial charge is 0.416 e. The van der Waals surface area contributed by atoms with Gasteiger partial charge >= 0.3 is 11.9 Å². The van der Waals surface area contributed by atoms with Crippen LogP contribution < -0.4 is 5.69 Å². The van der Waals surface area contributed by atoms with Crippen LogP contribution in [0.2, 0.25) is 0 Å². The SMILES string of the molecule is Cc1ccc(-c2ccc3[nH]c(=O)n(C4CCN(C(=O)Cc5ccc(C(F)(F)F)cc5)CC4)c3c2)cc1. The second kappa shape index (κ2) is 9.33. The molecule has 8 heteroatoms. The van der Waals surface area contributed by atoms with Crippen LogP contribution in [-0.2, 0) is 17.4 Å². The zero-order valence-corrected chi connectivity index (χ0v) is 19.8. The van der Waals surface area contributed by atoms with Gasteiger partial charge in [0.05, 0.1) is 23.0 Å². The lowest BCUT2D eigenvalue weighted by Gasteiger charge is -2.32. The monoisotopic (exact) mass is 493 g/mol. The third-order valence-corrected chi connectivity index (χ3v) is 6.92. The van der Waals surface area contributed by atoms with Gasteiger partial charge in [-0.2, -0.15) is 13.2 Å². The third kappa shape index (κ3) is 4.80. The Balaban J connectivity index is 1.29. The highest BCUT2D eigenvalue weighted by Crippen LogP contribution is 2.30. The van der Waals surface area contributed by atoms with E-state index in [9.17, 15) is 22.8 Å². The minimum absolute atomic E-state index is 0.0466. The van der Waals surface area contributed by atoms with Crippen molar-refractivity contribution >= 4 is 16.9 Å². The van der Waals surface area contributed by atoms with E-state index in [-0.39, 0.29) is 24.1 Å². The maximum Gasteiger partial charge on any atom is 0.416 e. The van der Waals surface area contributed by atoms with E-state index in [0.717, 1.165) is 34.3 Å². The number of fused-ring (bicyclic) bond motifs is 1. The molecule has 1 fully saturated rings. The molecule has 5 rings (SSSR count). The van der Waals surface area contributed by atoms with Crippen LogP contribution in [0.3, 0.4) is 0 Å². The van der Waals surface area contributed by atoms with Gasteiger partial charge in [0.2, 0.25) is 5.91 Å². The standard InChI is InChI=1S/C28H26F3N3O2/c1-18-2-6-20(7-3-18)21-8-11-24-25(17-21)34(27(36)32-24)23-12-14-33(15-13-23)26(35)16-19-4-9-22(10-5-19)28(29,30)31/h2-11,17,23H,12-16H2,1H3,(H,32,36). The fourth-order valence-electron chi connectivity index (χ4n) is 4.88. The Morgan fingerprint density at radius 3 is 2.22 bits per heavy atom. The fourth-order valence-corrected chi connectivity index (χ4v) is 4.88. The summed E-state index contributed by atoms with van der Waals surface area (Å²) in [5, 5.41) is 0. The molecule has 0 radical (unpaired) electrons. The predicted molar refractivity (Wildman–Crippen MR) is 133 cm³/mol. The van der Waals surface area contributed by atoms with Crippen molar-refractivity contribution in [3.8, 4) is 11.1 Å². The summed E-state index contributed by atoms with van der Waals surface area (Å²) in [6, 6.07) is 18.8. The van der Waals surface area contributed by atoms with Crippen molar-refractivity contribution < 1.29 is 18.0 Å². The summed E-state index contributed by atoms with van der Waals surface area (Å²) >= 11 is 0. The molecule has 0 aliphatic carbocycles. The molecule has 1 saturated heterocycles. The van der Waals surface area contributed by atoms with Crippen molar-refractivity contribution in [2.45, 2.75) is 38.4 Å². The highest BCUT2D eigenvalue weighted by Gasteiger charge is 2.30. The molecule has 1 aliphatic heterocycles. The molecule has 0 saturated carbocycles. The maximum absolute atomic E-state index is 12.8. The van der Waals surface area contributed by atoms with Crippen LogP contribution in [0.25, 0.3) is 22.2 Å². The van der Waals surface area contributed by atoms with E-state index in [4.69, 9.17) is 0 Å². The van der Waals surface area contributed by atoms with Crippen LogP contribution in [0.1, 0.15) is 35.6 Å². The smallest absolute Gasteiger partial charge is 0.342 e. The number of amides is 1. The Bertz CT molecular complexity index is 1440. The number of likely N-dealkylation sites (tertiary alicyclic amines) is 1. The number of aryl methyl sites for hydroxylation is 1. The van der Waals surface area contributed by atoms with Gasteiger partial charge in [-0.15, -0.1) is 0 Å². The van der Waals surface area contributed by atoms with Crippen LogP contribution in [0.15, 0.2) is 71.5 Å². The summed E-state index contributed by atoms with van der Waals surface area (Å²) in [6.45, 7) is 3.01. The molecule has 1 aromatic heterocycles. The van der Waals surface area contributed by atoms with Gasteiger partial charge in [0, 0.05) is 19.1 Å². The van der Waals surface area contributed by atoms with E-state index in [1.165, 1.54) is 17.7 Å². The van der Waals surface area contributed by atoms with Crippen molar-refractivity contribution in [3.63, 3.8) is 0 Å². The molecule has 1 aliphatic rings. The second-order valence-electron chi connectivity index (χ2n) is 9.38. The number of imidazole rings is 1. The molecule has 0 unspecified atom stereocenters. The summed E-state index contributed by atoms with van der Waals surface area (Å²) in [4.78, 5) is 30.3. The summed E-state index contributed by atoms with van der Waals surface area (Å²) in [5.74, 6) is -0.124. The first-order valence-electron chi connectivity index (χ1n) is 11.9. The molecule has 4 aromatic rings. The first kappa shape index (κ1) is 23.9. The van der Waals surface area contributed by atoms with Crippen LogP contribution in [-0.4, -0.2) is 33.4 Å². The second-order valence-corrected chi connectivity index (χ2v) is 9.38. The third-order valence-electron chi connectivity index (χ3n) is 6.92. The number of aromatic amines is 1. The van der Waals surface area contributed by atoms with Gasteiger partial charge in [-0.25, -0.2) is 4.79 Å². The molecule has 186 valence electrons. The van der Waals surface area contributed by atoms with E-state index >= 15 is 0 Å². The predicted octanol–water partition coefficient (Wildman–Crippen LogP) is 5.73. The van der Waals surface area contributed by atoms with Crippen molar-refractivity contribution in [2.24, 2.45) is 0 Å². The molecule has 3 aromatic carbocycles. The van der Waals surface area contributed by atoms with E-state index in [2.05, 4.69) is 29.2 Å². The van der Waals surface area contributed by atoms with Gasteiger partial charge in [0.25, 0.3) is 0 Å². The zero-order valence-electron chi connectivity index (χ0n) is 19.8. The molecule has 0 atom stereocenters. The number of rotatable bonds is 4. The molecule has 5 nitrogen and oxygen atoms in total. The number of alkyl halides is 3. The number of H-pyrrole nitrogens is 1. The summed E-state index contributed by atoms with van der Waals surface area (Å²) in [5.41, 5.74) is 4.55. The number of benzene rings is 3. The average Bonchev–Trinajstić information content (AvgIpc) is 3.19. The highest BCUT2D eigenvalue weighted by atomic mass is 19.4. The number of carbonyl (C=O) groups excluding carboxylic acids is 1. The lowest BCUT2D eigenvalue weighted by molar-refractivity contribution is -0.137. The Hall–Kier alpha value is -3.81. The van der Waals surface area contributed by atoms with Gasteiger partial charge in [-0.05, 0) is 60.7 Å². The van der Waals surface area contributed by atoms with Gasteiger partial charge in [0.15, 0.2) is 0 Å². The van der Waals surface area contributed by atoms with E-state index in [1.807, 2.05) is 25.1 Å².